The fourth-order valence-corrected chi connectivity index (χ4v) is 3.26. The molecule has 1 aliphatic rings. The number of nitrogens with zero attached hydrogens (tertiary/aromatic N) is 4. The van der Waals surface area contributed by atoms with Gasteiger partial charge in [0.05, 0.1) is 24.9 Å². The summed E-state index contributed by atoms with van der Waals surface area (Å²) in [4.78, 5) is 24.9. The Morgan fingerprint density at radius 3 is 2.93 bits per heavy atom. The molecular weight excluding hydrogens is 352 g/mol. The molecule has 0 aliphatic carbocycles. The standard InChI is InChI=1S/C17H18N6O4/c1-22-8-10(17(21-22)26-3)16(25)19-14-13-9(11-5-4-6-27-11)7-12(24)18-15(13)23(2)20-14/h4-6,8-9H,7H2,1-3H3,(H,18,24)(H,19,20,25)/t9-/m1/s1. The number of methoxy groups -OCH3 is 1. The molecule has 4 heterocycles. The Morgan fingerprint density at radius 2 is 2.22 bits per heavy atom. The number of hydrogen-bond donors (Lipinski definition) is 2. The molecule has 3 aromatic rings. The van der Waals surface area contributed by atoms with Gasteiger partial charge in [-0.1, -0.05) is 0 Å². The van der Waals surface area contributed by atoms with E-state index in [-0.39, 0.29) is 29.7 Å². The number of aromatic nitrogens is 4. The minimum absolute atomic E-state index is 0.140. The zero-order chi connectivity index (χ0) is 19.1. The minimum Gasteiger partial charge on any atom is -0.479 e. The summed E-state index contributed by atoms with van der Waals surface area (Å²) in [5.74, 6) is 0.841. The lowest BCUT2D eigenvalue weighted by atomic mass is 9.91. The number of ether oxygens (including phenoxy) is 1. The Kier molecular flexibility index (Phi) is 3.94. The number of nitrogens with one attached hydrogen (secondary N) is 2. The van der Waals surface area contributed by atoms with Crippen LogP contribution in [0.3, 0.4) is 0 Å². The molecule has 1 aliphatic heterocycles. The van der Waals surface area contributed by atoms with Gasteiger partial charge in [0.15, 0.2) is 5.82 Å². The number of carbonyl (C=O) groups is 2. The fraction of sp³-hybridized carbons (Fsp3) is 0.294. The van der Waals surface area contributed by atoms with Gasteiger partial charge in [-0.15, -0.1) is 5.10 Å². The molecule has 3 aromatic heterocycles. The maximum Gasteiger partial charge on any atom is 0.263 e. The number of amides is 2. The first-order valence-electron chi connectivity index (χ1n) is 8.27. The Labute approximate surface area is 154 Å². The van der Waals surface area contributed by atoms with Crippen LogP contribution in [0.1, 0.15) is 34.0 Å². The average molecular weight is 370 g/mol. The highest BCUT2D eigenvalue weighted by Crippen LogP contribution is 2.41. The van der Waals surface area contributed by atoms with Gasteiger partial charge < -0.3 is 19.8 Å². The van der Waals surface area contributed by atoms with Crippen molar-refractivity contribution >= 4 is 23.5 Å². The molecule has 0 radical (unpaired) electrons. The van der Waals surface area contributed by atoms with Gasteiger partial charge in [-0.3, -0.25) is 19.0 Å². The van der Waals surface area contributed by atoms with E-state index in [9.17, 15) is 9.59 Å². The Balaban J connectivity index is 1.73. The highest BCUT2D eigenvalue weighted by atomic mass is 16.5. The molecule has 4 rings (SSSR count). The molecule has 1 atom stereocenters. The molecule has 2 N–H and O–H groups in total. The first-order chi connectivity index (χ1) is 13.0. The van der Waals surface area contributed by atoms with Crippen molar-refractivity contribution < 1.29 is 18.7 Å². The monoisotopic (exact) mass is 370 g/mol. The largest absolute Gasteiger partial charge is 0.479 e. The van der Waals surface area contributed by atoms with Gasteiger partial charge in [0, 0.05) is 26.7 Å². The van der Waals surface area contributed by atoms with Crippen molar-refractivity contribution in [2.75, 3.05) is 17.7 Å². The van der Waals surface area contributed by atoms with Crippen LogP contribution in [0.5, 0.6) is 5.88 Å². The molecular formula is C17H18N6O4. The lowest BCUT2D eigenvalue weighted by Gasteiger charge is -2.22. The second kappa shape index (κ2) is 6.31. The average Bonchev–Trinajstić information content (AvgIpc) is 3.34. The number of fused-ring (bicyclic) bond motifs is 1. The predicted molar refractivity (Wildman–Crippen MR) is 94.7 cm³/mol. The quantitative estimate of drug-likeness (QED) is 0.719. The summed E-state index contributed by atoms with van der Waals surface area (Å²) in [7, 11) is 4.85. The summed E-state index contributed by atoms with van der Waals surface area (Å²) in [5.41, 5.74) is 0.983. The maximum atomic E-state index is 12.8. The molecule has 140 valence electrons. The number of hydrogen-bond acceptors (Lipinski definition) is 6. The molecule has 0 bridgehead atoms. The topological polar surface area (TPSA) is 116 Å². The van der Waals surface area contributed by atoms with Crippen LogP contribution >= 0.6 is 0 Å². The normalized spacial score (nSPS) is 16.0. The SMILES string of the molecule is COc1nn(C)cc1C(=O)Nc1nn(C)c2c1[C@@H](c1ccco1)CC(=O)N2. The van der Waals surface area contributed by atoms with Gasteiger partial charge in [0.2, 0.25) is 11.8 Å². The highest BCUT2D eigenvalue weighted by molar-refractivity contribution is 6.06. The van der Waals surface area contributed by atoms with Gasteiger partial charge in [-0.2, -0.15) is 5.10 Å². The smallest absolute Gasteiger partial charge is 0.263 e. The lowest BCUT2D eigenvalue weighted by Crippen LogP contribution is -2.25. The number of rotatable bonds is 4. The summed E-state index contributed by atoms with van der Waals surface area (Å²) < 4.78 is 13.7. The Morgan fingerprint density at radius 1 is 1.41 bits per heavy atom. The molecule has 0 saturated heterocycles. The lowest BCUT2D eigenvalue weighted by molar-refractivity contribution is -0.116. The molecule has 10 heteroatoms. The van der Waals surface area contributed by atoms with Crippen molar-refractivity contribution in [3.63, 3.8) is 0 Å². The molecule has 0 saturated carbocycles. The summed E-state index contributed by atoms with van der Waals surface area (Å²) in [5, 5.41) is 14.1. The van der Waals surface area contributed by atoms with E-state index >= 15 is 0 Å². The van der Waals surface area contributed by atoms with Crippen LogP contribution in [0.4, 0.5) is 11.6 Å². The Hall–Kier alpha value is -3.56. The third-order valence-corrected chi connectivity index (χ3v) is 4.43. The third-order valence-electron chi connectivity index (χ3n) is 4.43. The highest BCUT2D eigenvalue weighted by Gasteiger charge is 2.35. The van der Waals surface area contributed by atoms with E-state index in [0.717, 1.165) is 0 Å². The summed E-state index contributed by atoms with van der Waals surface area (Å²) >= 11 is 0. The molecule has 0 spiro atoms. The van der Waals surface area contributed by atoms with Crippen molar-refractivity contribution in [2.45, 2.75) is 12.3 Å². The van der Waals surface area contributed by atoms with Crippen LogP contribution in [0.25, 0.3) is 0 Å². The van der Waals surface area contributed by atoms with E-state index in [1.54, 1.807) is 38.7 Å². The third kappa shape index (κ3) is 2.84. The summed E-state index contributed by atoms with van der Waals surface area (Å²) in [6.45, 7) is 0. The Bertz CT molecular complexity index is 1020. The number of aryl methyl sites for hydroxylation is 2. The van der Waals surface area contributed by atoms with Crippen LogP contribution in [0, 0.1) is 0 Å². The maximum absolute atomic E-state index is 12.8. The molecule has 0 aromatic carbocycles. The predicted octanol–water partition coefficient (Wildman–Crippen LogP) is 1.48. The zero-order valence-corrected chi connectivity index (χ0v) is 15.0. The molecule has 0 fully saturated rings. The molecule has 10 nitrogen and oxygen atoms in total. The number of anilines is 2. The van der Waals surface area contributed by atoms with Crippen molar-refractivity contribution in [3.8, 4) is 5.88 Å². The van der Waals surface area contributed by atoms with Gasteiger partial charge in [0.1, 0.15) is 17.1 Å². The van der Waals surface area contributed by atoms with Gasteiger partial charge in [0.25, 0.3) is 5.91 Å². The second-order valence-corrected chi connectivity index (χ2v) is 6.23. The van der Waals surface area contributed by atoms with Crippen LogP contribution in [0.2, 0.25) is 0 Å². The van der Waals surface area contributed by atoms with Crippen LogP contribution in [0.15, 0.2) is 29.0 Å². The van der Waals surface area contributed by atoms with Gasteiger partial charge in [-0.05, 0) is 12.1 Å². The van der Waals surface area contributed by atoms with E-state index in [1.807, 2.05) is 0 Å². The molecule has 2 amide bonds. The van der Waals surface area contributed by atoms with Gasteiger partial charge in [-0.25, -0.2) is 0 Å². The zero-order valence-electron chi connectivity index (χ0n) is 15.0. The van der Waals surface area contributed by atoms with Crippen molar-refractivity contribution in [1.29, 1.82) is 0 Å². The van der Waals surface area contributed by atoms with Crippen LogP contribution in [-0.2, 0) is 18.9 Å². The second-order valence-electron chi connectivity index (χ2n) is 6.23. The van der Waals surface area contributed by atoms with E-state index in [4.69, 9.17) is 9.15 Å². The molecule has 27 heavy (non-hydrogen) atoms. The molecule has 0 unspecified atom stereocenters. The van der Waals surface area contributed by atoms with Crippen molar-refractivity contribution in [2.24, 2.45) is 14.1 Å². The van der Waals surface area contributed by atoms with E-state index in [2.05, 4.69) is 20.8 Å². The van der Waals surface area contributed by atoms with Crippen molar-refractivity contribution in [3.05, 3.63) is 41.5 Å². The number of carbonyl (C=O) groups excluding carboxylic acids is 2. The minimum atomic E-state index is -0.407. The first kappa shape index (κ1) is 16.9. The first-order valence-corrected chi connectivity index (χ1v) is 8.27. The van der Waals surface area contributed by atoms with Crippen LogP contribution in [-0.4, -0.2) is 38.5 Å². The number of furan rings is 1. The van der Waals surface area contributed by atoms with Gasteiger partial charge >= 0.3 is 0 Å². The van der Waals surface area contributed by atoms with Crippen LogP contribution < -0.4 is 15.4 Å². The summed E-state index contributed by atoms with van der Waals surface area (Å²) in [6, 6.07) is 3.56. The van der Waals surface area contributed by atoms with Crippen molar-refractivity contribution in [1.82, 2.24) is 19.6 Å². The fourth-order valence-electron chi connectivity index (χ4n) is 3.26. The summed E-state index contributed by atoms with van der Waals surface area (Å²) in [6.07, 6.45) is 3.32. The van der Waals surface area contributed by atoms with E-state index in [0.29, 0.717) is 23.0 Å². The van der Waals surface area contributed by atoms with E-state index in [1.165, 1.54) is 16.5 Å². The van der Waals surface area contributed by atoms with E-state index < -0.39 is 5.91 Å².